The fraction of sp³-hybridized carbons (Fsp3) is 0.312. The van der Waals surface area contributed by atoms with E-state index in [1.54, 1.807) is 10.7 Å². The lowest BCUT2D eigenvalue weighted by Gasteiger charge is -2.23. The van der Waals surface area contributed by atoms with E-state index < -0.39 is 0 Å². The molecule has 43 heavy (non-hydrogen) atoms. The first-order valence-electron chi connectivity index (χ1n) is 14.5. The molecule has 10 nitrogen and oxygen atoms in total. The fourth-order valence-electron chi connectivity index (χ4n) is 5.80. The normalized spacial score (nSPS) is 15.3. The maximum absolute atomic E-state index is 13.7. The van der Waals surface area contributed by atoms with Gasteiger partial charge in [0.15, 0.2) is 11.3 Å². The Bertz CT molecular complexity index is 1780. The first-order chi connectivity index (χ1) is 20.9. The van der Waals surface area contributed by atoms with Gasteiger partial charge in [-0.05, 0) is 53.4 Å². The van der Waals surface area contributed by atoms with E-state index in [1.165, 1.54) is 11.1 Å². The molecule has 0 bridgehead atoms. The van der Waals surface area contributed by atoms with E-state index >= 15 is 0 Å². The highest BCUT2D eigenvalue weighted by atomic mass is 35.5. The van der Waals surface area contributed by atoms with Gasteiger partial charge in [-0.15, -0.1) is 0 Å². The number of anilines is 2. The lowest BCUT2D eigenvalue weighted by Crippen LogP contribution is -2.25. The van der Waals surface area contributed by atoms with E-state index in [4.69, 9.17) is 31.2 Å². The van der Waals surface area contributed by atoms with Crippen LogP contribution < -0.4 is 15.0 Å². The lowest BCUT2D eigenvalue weighted by atomic mass is 10.0. The molecule has 1 amide bonds. The third-order valence-electron chi connectivity index (χ3n) is 8.00. The van der Waals surface area contributed by atoms with Crippen LogP contribution in [0.2, 0.25) is 5.02 Å². The Hall–Kier alpha value is -4.41. The minimum Gasteiger partial charge on any atom is -0.490 e. The van der Waals surface area contributed by atoms with E-state index in [9.17, 15) is 4.79 Å². The number of ether oxygens (including phenoxy) is 2. The van der Waals surface area contributed by atoms with Crippen LogP contribution in [0.1, 0.15) is 59.8 Å². The van der Waals surface area contributed by atoms with Crippen molar-refractivity contribution in [3.05, 3.63) is 88.3 Å². The van der Waals surface area contributed by atoms with Crippen LogP contribution in [0.5, 0.6) is 5.75 Å². The number of nitrogens with one attached hydrogen (secondary N) is 2. The van der Waals surface area contributed by atoms with Gasteiger partial charge in [-0.3, -0.25) is 9.89 Å². The summed E-state index contributed by atoms with van der Waals surface area (Å²) in [6.45, 7) is 6.94. The van der Waals surface area contributed by atoms with Crippen LogP contribution in [0.25, 0.3) is 16.9 Å². The highest BCUT2D eigenvalue weighted by Crippen LogP contribution is 2.35. The number of halogens is 1. The second-order valence-corrected chi connectivity index (χ2v) is 11.8. The zero-order valence-corrected chi connectivity index (χ0v) is 24.8. The smallest absolute Gasteiger partial charge is 0.276 e. The third kappa shape index (κ3) is 5.44. The molecule has 1 saturated heterocycles. The van der Waals surface area contributed by atoms with Crippen molar-refractivity contribution in [2.24, 2.45) is 0 Å². The van der Waals surface area contributed by atoms with Gasteiger partial charge in [-0.1, -0.05) is 31.5 Å². The molecule has 1 fully saturated rings. The van der Waals surface area contributed by atoms with Gasteiger partial charge in [0, 0.05) is 60.0 Å². The Balaban J connectivity index is 1.22. The summed E-state index contributed by atoms with van der Waals surface area (Å²) in [5.74, 6) is 1.26. The van der Waals surface area contributed by atoms with Crippen LogP contribution in [0, 0.1) is 0 Å². The van der Waals surface area contributed by atoms with Gasteiger partial charge in [0.1, 0.15) is 17.7 Å². The predicted molar refractivity (Wildman–Crippen MR) is 165 cm³/mol. The number of amides is 1. The quantitative estimate of drug-likeness (QED) is 0.229. The first kappa shape index (κ1) is 27.4. The van der Waals surface area contributed by atoms with Crippen molar-refractivity contribution < 1.29 is 14.3 Å². The molecular formula is C32H32ClN7O3. The van der Waals surface area contributed by atoms with Crippen molar-refractivity contribution in [2.45, 2.75) is 51.8 Å². The Morgan fingerprint density at radius 1 is 1.09 bits per heavy atom. The molecule has 0 unspecified atom stereocenters. The van der Waals surface area contributed by atoms with Crippen LogP contribution in [-0.4, -0.2) is 50.0 Å². The summed E-state index contributed by atoms with van der Waals surface area (Å²) < 4.78 is 13.3. The number of hydrogen-bond donors (Lipinski definition) is 2. The van der Waals surface area contributed by atoms with Crippen molar-refractivity contribution >= 4 is 34.7 Å². The van der Waals surface area contributed by atoms with E-state index in [0.717, 1.165) is 59.5 Å². The highest BCUT2D eigenvalue weighted by molar-refractivity contribution is 6.30. The Labute approximate surface area is 254 Å². The average Bonchev–Trinajstić information content (AvgIpc) is 3.76. The standard InChI is InChI=1S/C32H32ClN7O3/c1-19(2)29-30(32(41)36-24-5-7-25(8-6-24)43-26-9-11-42-12-10-26)38-40-27(22-15-34-35-16-22)14-28(37-31(29)40)39-17-20-3-4-23(33)13-21(20)18-39/h3-8,13-16,19,26H,9-12,17-18H2,1-2H3,(H,34,35)(H,36,41). The Morgan fingerprint density at radius 2 is 1.88 bits per heavy atom. The molecule has 0 radical (unpaired) electrons. The molecule has 0 saturated carbocycles. The molecule has 0 spiro atoms. The van der Waals surface area contributed by atoms with Gasteiger partial charge in [-0.2, -0.15) is 10.2 Å². The first-order valence-corrected chi connectivity index (χ1v) is 14.9. The maximum atomic E-state index is 13.7. The molecule has 3 aromatic heterocycles. The molecule has 5 aromatic rings. The average molecular weight is 598 g/mol. The molecular weight excluding hydrogens is 566 g/mol. The van der Waals surface area contributed by atoms with Gasteiger partial charge in [-0.25, -0.2) is 9.50 Å². The number of hydrogen-bond acceptors (Lipinski definition) is 7. The van der Waals surface area contributed by atoms with Crippen LogP contribution in [-0.2, 0) is 17.8 Å². The number of benzene rings is 2. The van der Waals surface area contributed by atoms with Crippen LogP contribution in [0.15, 0.2) is 60.9 Å². The number of nitrogens with zero attached hydrogens (tertiary/aromatic N) is 5. The van der Waals surface area contributed by atoms with Crippen molar-refractivity contribution in [1.82, 2.24) is 24.8 Å². The monoisotopic (exact) mass is 597 g/mol. The number of H-pyrrole nitrogens is 1. The number of rotatable bonds is 7. The predicted octanol–water partition coefficient (Wildman–Crippen LogP) is 6.23. The van der Waals surface area contributed by atoms with Gasteiger partial charge < -0.3 is 19.7 Å². The molecule has 2 aliphatic rings. The van der Waals surface area contributed by atoms with E-state index in [-0.39, 0.29) is 17.9 Å². The highest BCUT2D eigenvalue weighted by Gasteiger charge is 2.28. The summed E-state index contributed by atoms with van der Waals surface area (Å²) in [6.07, 6.45) is 5.46. The summed E-state index contributed by atoms with van der Waals surface area (Å²) >= 11 is 6.28. The molecule has 220 valence electrons. The number of aromatic amines is 1. The summed E-state index contributed by atoms with van der Waals surface area (Å²) in [5, 5.41) is 15.6. The van der Waals surface area contributed by atoms with E-state index in [0.29, 0.717) is 30.1 Å². The SMILES string of the molecule is CC(C)c1c(C(=O)Nc2ccc(OC3CCOCC3)cc2)nn2c(-c3cn[nH]c3)cc(N3Cc4ccc(Cl)cc4C3)nc12. The van der Waals surface area contributed by atoms with Gasteiger partial charge in [0.25, 0.3) is 5.91 Å². The van der Waals surface area contributed by atoms with Gasteiger partial charge >= 0.3 is 0 Å². The van der Waals surface area contributed by atoms with Crippen molar-refractivity contribution in [3.63, 3.8) is 0 Å². The molecule has 11 heteroatoms. The lowest BCUT2D eigenvalue weighted by molar-refractivity contribution is 0.0256. The van der Waals surface area contributed by atoms with E-state index in [1.807, 2.05) is 48.7 Å². The summed E-state index contributed by atoms with van der Waals surface area (Å²) in [7, 11) is 0. The molecule has 7 rings (SSSR count). The number of fused-ring (bicyclic) bond motifs is 2. The summed E-state index contributed by atoms with van der Waals surface area (Å²) in [5.41, 5.74) is 6.46. The Kier molecular flexibility index (Phi) is 7.24. The minimum atomic E-state index is -0.296. The molecule has 2 aromatic carbocycles. The van der Waals surface area contributed by atoms with Gasteiger partial charge in [0.2, 0.25) is 0 Å². The molecule has 0 aliphatic carbocycles. The number of carbonyl (C=O) groups is 1. The van der Waals surface area contributed by atoms with Crippen LogP contribution in [0.3, 0.4) is 0 Å². The second-order valence-electron chi connectivity index (χ2n) is 11.3. The molecule has 5 heterocycles. The molecule has 2 N–H and O–H groups in total. The third-order valence-corrected chi connectivity index (χ3v) is 8.23. The topological polar surface area (TPSA) is 110 Å². The maximum Gasteiger partial charge on any atom is 0.276 e. The summed E-state index contributed by atoms with van der Waals surface area (Å²) in [4.78, 5) is 21.0. The fourth-order valence-corrected chi connectivity index (χ4v) is 5.99. The van der Waals surface area contributed by atoms with Crippen molar-refractivity contribution in [1.29, 1.82) is 0 Å². The zero-order chi connectivity index (χ0) is 29.5. The minimum absolute atomic E-state index is 0.0111. The number of aromatic nitrogens is 5. The molecule has 0 atom stereocenters. The number of carbonyl (C=O) groups excluding carboxylic acids is 1. The Morgan fingerprint density at radius 3 is 2.63 bits per heavy atom. The van der Waals surface area contributed by atoms with Crippen molar-refractivity contribution in [2.75, 3.05) is 23.4 Å². The van der Waals surface area contributed by atoms with E-state index in [2.05, 4.69) is 40.3 Å². The van der Waals surface area contributed by atoms with Crippen LogP contribution >= 0.6 is 11.6 Å². The summed E-state index contributed by atoms with van der Waals surface area (Å²) in [6, 6.07) is 15.5. The van der Waals surface area contributed by atoms with Crippen molar-refractivity contribution in [3.8, 4) is 17.0 Å². The van der Waals surface area contributed by atoms with Gasteiger partial charge in [0.05, 0.1) is 25.1 Å². The van der Waals surface area contributed by atoms with Crippen LogP contribution in [0.4, 0.5) is 11.5 Å². The largest absolute Gasteiger partial charge is 0.490 e. The second kappa shape index (κ2) is 11.3. The zero-order valence-electron chi connectivity index (χ0n) is 24.0. The molecule has 2 aliphatic heterocycles.